The lowest BCUT2D eigenvalue weighted by Gasteiger charge is -2.42. The standard InChI is InChI=1S/C69H118N12O20/c1-25-39(14)48(62(92)78(21)52(36(8)9)64(94)75(18)30-46(85)71-44-29-27-26-28-43(44)68(98)99)73-60(90)51(35(6)7)76(19)65(95)54(38(12)13)80(23)66(96)53(37(10)11)79(22)61(91)47(33(2)3)72-59(89)50(34(4)5)77(20)67(97)55(81(24)63(93)49(41(16)84)74-58(88)40(15)70)42(17)100-69(32-83)57(87)56(86)45(31-82)101-69/h26-29,33-42,45,47-57,82-84,86-87H,25,30-32,70H2,1-24H3,(H,71,85)(H,72,89)(H,73,90)(H,74,88)(H,98,99)/t39?,40-,41-,42-,45+,47-,48-,49-,50-,51-,52-,53-,54-,55-,56+,57-,69+/m0/s1. The zero-order valence-electron chi connectivity index (χ0n) is 63.4. The van der Waals surface area contributed by atoms with Crippen LogP contribution < -0.4 is 27.0 Å². The molecule has 1 aliphatic rings. The molecule has 17 atom stereocenters. The average Bonchev–Trinajstić information content (AvgIpc) is 1.68. The Kier molecular flexibility index (Phi) is 34.3. The highest BCUT2D eigenvalue weighted by Crippen LogP contribution is 2.35. The molecule has 0 spiro atoms. The fraction of sp³-hybridized carbons (Fsp3) is 0.739. The first-order valence-corrected chi connectivity index (χ1v) is 34.4. The highest BCUT2D eigenvalue weighted by molar-refractivity contribution is 6.03. The first kappa shape index (κ1) is 89.6. The molecule has 1 unspecified atom stereocenters. The Balaban J connectivity index is 2.59. The quantitative estimate of drug-likeness (QED) is 0.0385. The molecule has 1 aliphatic heterocycles. The van der Waals surface area contributed by atoms with Gasteiger partial charge in [0.1, 0.15) is 79.3 Å². The summed E-state index contributed by atoms with van der Waals surface area (Å²) in [4.78, 5) is 179. The van der Waals surface area contributed by atoms with Gasteiger partial charge in [0.15, 0.2) is 0 Å². The Hall–Kier alpha value is -7.46. The van der Waals surface area contributed by atoms with Gasteiger partial charge in [-0.2, -0.15) is 0 Å². The van der Waals surface area contributed by atoms with Crippen molar-refractivity contribution in [1.29, 1.82) is 0 Å². The number of carboxylic acids is 1. The van der Waals surface area contributed by atoms with Gasteiger partial charge in [-0.3, -0.25) is 52.7 Å². The number of nitrogens with two attached hydrogens (primary N) is 1. The fourth-order valence-electron chi connectivity index (χ4n) is 12.8. The first-order valence-electron chi connectivity index (χ1n) is 34.4. The van der Waals surface area contributed by atoms with Gasteiger partial charge in [-0.15, -0.1) is 0 Å². The molecule has 1 aromatic rings. The molecular formula is C69H118N12O20. The summed E-state index contributed by atoms with van der Waals surface area (Å²) in [6, 6.07) is -8.03. The van der Waals surface area contributed by atoms with Gasteiger partial charge >= 0.3 is 5.97 Å². The van der Waals surface area contributed by atoms with Gasteiger partial charge < -0.3 is 101 Å². The van der Waals surface area contributed by atoms with Crippen LogP contribution in [0.3, 0.4) is 0 Å². The van der Waals surface area contributed by atoms with E-state index in [2.05, 4.69) is 21.3 Å². The van der Waals surface area contributed by atoms with E-state index in [0.717, 1.165) is 26.6 Å². The zero-order valence-corrected chi connectivity index (χ0v) is 63.4. The first-order chi connectivity index (χ1) is 46.6. The van der Waals surface area contributed by atoms with Crippen molar-refractivity contribution in [2.24, 2.45) is 47.2 Å². The average molecular weight is 1440 g/mol. The number of hydrogen-bond donors (Lipinski definition) is 11. The van der Waals surface area contributed by atoms with Crippen LogP contribution in [0.1, 0.15) is 134 Å². The predicted octanol–water partition coefficient (Wildman–Crippen LogP) is -0.885. The number of carbonyl (C=O) groups is 12. The van der Waals surface area contributed by atoms with Crippen molar-refractivity contribution in [1.82, 2.24) is 50.2 Å². The second kappa shape index (κ2) is 38.7. The van der Waals surface area contributed by atoms with Crippen LogP contribution in [0.2, 0.25) is 0 Å². The summed E-state index contributed by atoms with van der Waals surface area (Å²) in [5.41, 5.74) is 5.63. The molecule has 0 aliphatic carbocycles. The van der Waals surface area contributed by atoms with Crippen molar-refractivity contribution in [3.63, 3.8) is 0 Å². The second-order valence-electron chi connectivity index (χ2n) is 28.9. The van der Waals surface area contributed by atoms with Gasteiger partial charge in [0.05, 0.1) is 42.7 Å². The number of carboxylic acid groups (broad SMARTS) is 1. The van der Waals surface area contributed by atoms with Crippen LogP contribution in [-0.4, -0.2) is 302 Å². The molecule has 32 heteroatoms. The van der Waals surface area contributed by atoms with E-state index in [0.29, 0.717) is 6.42 Å². The van der Waals surface area contributed by atoms with Crippen LogP contribution in [0.15, 0.2) is 24.3 Å². The highest BCUT2D eigenvalue weighted by Gasteiger charge is 2.57. The van der Waals surface area contributed by atoms with Crippen molar-refractivity contribution < 1.29 is 97.6 Å². The maximum Gasteiger partial charge on any atom is 0.337 e. The molecule has 12 N–H and O–H groups in total. The fourth-order valence-corrected chi connectivity index (χ4v) is 12.8. The van der Waals surface area contributed by atoms with Crippen molar-refractivity contribution in [3.8, 4) is 0 Å². The van der Waals surface area contributed by atoms with Crippen LogP contribution in [0.25, 0.3) is 0 Å². The lowest BCUT2D eigenvalue weighted by Crippen LogP contribution is -2.65. The number of aliphatic hydroxyl groups excluding tert-OH is 5. The summed E-state index contributed by atoms with van der Waals surface area (Å²) < 4.78 is 11.7. The van der Waals surface area contributed by atoms with Gasteiger partial charge in [0, 0.05) is 49.3 Å². The molecule has 0 radical (unpaired) electrons. The third-order valence-electron chi connectivity index (χ3n) is 18.7. The number of nitrogens with one attached hydrogen (secondary N) is 4. The second-order valence-corrected chi connectivity index (χ2v) is 28.9. The topological polar surface area (TPSA) is 441 Å². The Bertz CT molecular complexity index is 3040. The highest BCUT2D eigenvalue weighted by atomic mass is 16.7. The molecule has 32 nitrogen and oxygen atoms in total. The number of aromatic carboxylic acids is 1. The van der Waals surface area contributed by atoms with Crippen molar-refractivity contribution in [2.75, 3.05) is 74.4 Å². The summed E-state index contributed by atoms with van der Waals surface area (Å²) in [6.07, 6.45) is -8.14. The van der Waals surface area contributed by atoms with E-state index < -0.39 is 229 Å². The Labute approximate surface area is 594 Å². The molecule has 11 amide bonds. The molecule has 101 heavy (non-hydrogen) atoms. The lowest BCUT2D eigenvalue weighted by atomic mass is 9.93. The number of anilines is 1. The maximum absolute atomic E-state index is 15.2. The number of carbonyl (C=O) groups excluding carboxylic acids is 11. The molecule has 574 valence electrons. The Morgan fingerprint density at radius 2 is 0.901 bits per heavy atom. The molecule has 0 bridgehead atoms. The third-order valence-corrected chi connectivity index (χ3v) is 18.7. The van der Waals surface area contributed by atoms with E-state index in [1.54, 1.807) is 96.1 Å². The lowest BCUT2D eigenvalue weighted by molar-refractivity contribution is -0.296. The normalized spacial score (nSPS) is 20.0. The molecule has 2 rings (SSSR count). The maximum atomic E-state index is 15.2. The van der Waals surface area contributed by atoms with Crippen molar-refractivity contribution in [3.05, 3.63) is 29.8 Å². The summed E-state index contributed by atoms with van der Waals surface area (Å²) in [5, 5.41) is 73.2. The van der Waals surface area contributed by atoms with Crippen LogP contribution in [0, 0.1) is 41.4 Å². The van der Waals surface area contributed by atoms with Crippen LogP contribution in [0.5, 0.6) is 0 Å². The van der Waals surface area contributed by atoms with E-state index in [9.17, 15) is 69.0 Å². The number of para-hydroxylation sites is 1. The molecule has 1 heterocycles. The molecule has 1 aromatic carbocycles. The van der Waals surface area contributed by atoms with Gasteiger partial charge in [0.25, 0.3) is 0 Å². The number of benzene rings is 1. The zero-order chi connectivity index (χ0) is 78.2. The minimum Gasteiger partial charge on any atom is -0.478 e. The van der Waals surface area contributed by atoms with E-state index in [1.807, 2.05) is 6.92 Å². The molecule has 1 fully saturated rings. The van der Waals surface area contributed by atoms with E-state index >= 15 is 19.2 Å². The minimum atomic E-state index is -2.49. The molecular weight excluding hydrogens is 1320 g/mol. The van der Waals surface area contributed by atoms with Gasteiger partial charge in [-0.05, 0) is 74.3 Å². The predicted molar refractivity (Wildman–Crippen MR) is 373 cm³/mol. The van der Waals surface area contributed by atoms with Crippen LogP contribution in [0.4, 0.5) is 5.69 Å². The van der Waals surface area contributed by atoms with E-state index in [-0.39, 0.29) is 11.3 Å². The smallest absolute Gasteiger partial charge is 0.337 e. The van der Waals surface area contributed by atoms with E-state index in [1.165, 1.54) is 96.0 Å². The van der Waals surface area contributed by atoms with Gasteiger partial charge in [-0.25, -0.2) is 4.79 Å². The number of nitrogens with zero attached hydrogens (tertiary/aromatic N) is 7. The van der Waals surface area contributed by atoms with Gasteiger partial charge in [-0.1, -0.05) is 115 Å². The number of likely N-dealkylation sites (N-methyl/N-ethyl adjacent to an activating group) is 7. The Morgan fingerprint density at radius 1 is 0.525 bits per heavy atom. The minimum absolute atomic E-state index is 0.0232. The number of rotatable bonds is 37. The number of hydrogen-bond acceptors (Lipinski definition) is 20. The van der Waals surface area contributed by atoms with Crippen molar-refractivity contribution >= 4 is 76.6 Å². The largest absolute Gasteiger partial charge is 0.478 e. The monoisotopic (exact) mass is 1430 g/mol. The summed E-state index contributed by atoms with van der Waals surface area (Å²) in [7, 11) is 9.30. The summed E-state index contributed by atoms with van der Waals surface area (Å²) in [5.74, 6) is -16.7. The molecule has 0 saturated carbocycles. The SMILES string of the molecule is CCC(C)[C@H](NC(=O)[C@H](C(C)C)N(C)C(=O)[C@H](C(C)C)N(C)C(=O)[C@H](C(C)C)N(C)C(=O)[C@@H](NC(=O)[C@H](C(C)C)N(C)C(=O)[C@H]([C@H](C)O[C@]1(CO)O[C@H](CO)[C@@H](O)[C@@H]1O)N(C)C(=O)[C@@H](NC(=O)[C@H](C)N)[C@H](C)O)C(C)C)C(=O)N(C)[C@H](C(=O)N(C)CC(=O)Nc1ccccc1C(=O)O)C(C)C. The van der Waals surface area contributed by atoms with E-state index in [4.69, 9.17) is 15.2 Å². The number of amides is 11. The molecule has 1 saturated heterocycles. The molecule has 0 aromatic heterocycles. The third kappa shape index (κ3) is 21.8. The van der Waals surface area contributed by atoms with Crippen molar-refractivity contribution in [2.45, 2.75) is 221 Å². The van der Waals surface area contributed by atoms with Gasteiger partial charge in [0.2, 0.25) is 70.8 Å². The van der Waals surface area contributed by atoms with Crippen LogP contribution >= 0.6 is 0 Å². The summed E-state index contributed by atoms with van der Waals surface area (Å²) in [6.45, 7) is 24.9. The summed E-state index contributed by atoms with van der Waals surface area (Å²) >= 11 is 0. The number of aliphatic hydroxyl groups is 5. The number of ether oxygens (including phenoxy) is 2. The van der Waals surface area contributed by atoms with Crippen LogP contribution in [-0.2, 0) is 62.2 Å². The Morgan fingerprint density at radius 3 is 1.29 bits per heavy atom.